The smallest absolute Gasteiger partial charge is 0.407 e. The number of halogens is 1. The van der Waals surface area contributed by atoms with Crippen LogP contribution >= 0.6 is 22.9 Å². The van der Waals surface area contributed by atoms with Gasteiger partial charge in [0.15, 0.2) is 5.78 Å². The van der Waals surface area contributed by atoms with Gasteiger partial charge in [0.1, 0.15) is 9.94 Å². The molecule has 0 unspecified atom stereocenters. The summed E-state index contributed by atoms with van der Waals surface area (Å²) in [5, 5.41) is 4.29. The molecule has 1 aromatic rings. The van der Waals surface area contributed by atoms with Gasteiger partial charge in [-0.15, -0.1) is 11.3 Å². The van der Waals surface area contributed by atoms with E-state index in [1.807, 2.05) is 0 Å². The molecular formula is C12H16ClNO3S. The zero-order valence-electron chi connectivity index (χ0n) is 10.6. The van der Waals surface area contributed by atoms with Gasteiger partial charge >= 0.3 is 6.09 Å². The topological polar surface area (TPSA) is 55.4 Å². The third kappa shape index (κ3) is 5.06. The fourth-order valence-corrected chi connectivity index (χ4v) is 2.18. The molecule has 0 saturated heterocycles. The van der Waals surface area contributed by atoms with Gasteiger partial charge in [-0.1, -0.05) is 11.6 Å². The summed E-state index contributed by atoms with van der Waals surface area (Å²) in [7, 11) is 0. The Bertz CT molecular complexity index is 437. The van der Waals surface area contributed by atoms with E-state index in [1.54, 1.807) is 32.2 Å². The lowest BCUT2D eigenvalue weighted by Crippen LogP contribution is -2.33. The third-order valence-corrected chi connectivity index (χ3v) is 3.11. The summed E-state index contributed by atoms with van der Waals surface area (Å²) < 4.78 is 5.53. The van der Waals surface area contributed by atoms with E-state index in [2.05, 4.69) is 5.32 Å². The van der Waals surface area contributed by atoms with Crippen molar-refractivity contribution in [2.75, 3.05) is 6.54 Å². The van der Waals surface area contributed by atoms with Crippen molar-refractivity contribution < 1.29 is 14.3 Å². The number of ether oxygens (including phenoxy) is 1. The van der Waals surface area contributed by atoms with Crippen LogP contribution in [-0.4, -0.2) is 24.0 Å². The van der Waals surface area contributed by atoms with Crippen molar-refractivity contribution in [3.8, 4) is 0 Å². The summed E-state index contributed by atoms with van der Waals surface area (Å²) in [4.78, 5) is 23.0. The van der Waals surface area contributed by atoms with E-state index >= 15 is 0 Å². The standard InChI is InChI=1S/C12H16ClNO3S/c1-12(2,3)17-11(16)14-6-4-9(15)8-5-7-18-10(8)13/h5,7H,4,6H2,1-3H3,(H,14,16). The Kier molecular flexibility index (Phi) is 5.16. The molecule has 1 N–H and O–H groups in total. The lowest BCUT2D eigenvalue weighted by Gasteiger charge is -2.19. The number of nitrogens with one attached hydrogen (secondary N) is 1. The molecule has 1 heterocycles. The molecule has 0 radical (unpaired) electrons. The molecule has 6 heteroatoms. The van der Waals surface area contributed by atoms with Gasteiger partial charge in [-0.25, -0.2) is 4.79 Å². The Labute approximate surface area is 115 Å². The number of carbonyl (C=O) groups excluding carboxylic acids is 2. The van der Waals surface area contributed by atoms with Crippen molar-refractivity contribution in [1.82, 2.24) is 5.32 Å². The van der Waals surface area contributed by atoms with Crippen molar-refractivity contribution in [2.45, 2.75) is 32.8 Å². The average Bonchev–Trinajstić information content (AvgIpc) is 2.61. The molecule has 0 fully saturated rings. The van der Waals surface area contributed by atoms with Crippen LogP contribution in [0.4, 0.5) is 4.79 Å². The zero-order valence-corrected chi connectivity index (χ0v) is 12.2. The molecule has 0 aliphatic rings. The molecule has 100 valence electrons. The minimum Gasteiger partial charge on any atom is -0.444 e. The van der Waals surface area contributed by atoms with E-state index in [1.165, 1.54) is 11.3 Å². The van der Waals surface area contributed by atoms with Gasteiger partial charge in [0.2, 0.25) is 0 Å². The van der Waals surface area contributed by atoms with Crippen molar-refractivity contribution in [2.24, 2.45) is 0 Å². The number of Topliss-reactive ketones (excluding diaryl/α,β-unsaturated/α-hetero) is 1. The Morgan fingerprint density at radius 3 is 2.61 bits per heavy atom. The number of hydrogen-bond acceptors (Lipinski definition) is 4. The van der Waals surface area contributed by atoms with Gasteiger partial charge in [-0.2, -0.15) is 0 Å². The molecule has 0 aromatic carbocycles. The molecule has 18 heavy (non-hydrogen) atoms. The summed E-state index contributed by atoms with van der Waals surface area (Å²) in [6, 6.07) is 1.68. The van der Waals surface area contributed by atoms with Crippen LogP contribution in [0.3, 0.4) is 0 Å². The van der Waals surface area contributed by atoms with Gasteiger partial charge in [-0.3, -0.25) is 4.79 Å². The van der Waals surface area contributed by atoms with E-state index in [9.17, 15) is 9.59 Å². The Morgan fingerprint density at radius 1 is 1.44 bits per heavy atom. The number of hydrogen-bond donors (Lipinski definition) is 1. The normalized spacial score (nSPS) is 11.1. The van der Waals surface area contributed by atoms with E-state index in [0.717, 1.165) is 0 Å². The highest BCUT2D eigenvalue weighted by molar-refractivity contribution is 7.14. The predicted octanol–water partition coefficient (Wildman–Crippen LogP) is 3.50. The number of amides is 1. The Morgan fingerprint density at radius 2 is 2.11 bits per heavy atom. The van der Waals surface area contributed by atoms with Gasteiger partial charge in [0, 0.05) is 18.5 Å². The lowest BCUT2D eigenvalue weighted by atomic mass is 10.1. The number of thiophene rings is 1. The zero-order chi connectivity index (χ0) is 13.8. The molecule has 0 bridgehead atoms. The maximum absolute atomic E-state index is 11.7. The van der Waals surface area contributed by atoms with Crippen LogP contribution in [-0.2, 0) is 4.74 Å². The first-order valence-electron chi connectivity index (χ1n) is 5.52. The van der Waals surface area contributed by atoms with Crippen LogP contribution in [0.2, 0.25) is 4.34 Å². The van der Waals surface area contributed by atoms with E-state index in [0.29, 0.717) is 9.90 Å². The van der Waals surface area contributed by atoms with Crippen LogP contribution < -0.4 is 5.32 Å². The molecule has 0 spiro atoms. The first-order chi connectivity index (χ1) is 8.29. The number of ketones is 1. The number of carbonyl (C=O) groups is 2. The van der Waals surface area contributed by atoms with Crippen molar-refractivity contribution in [3.05, 3.63) is 21.3 Å². The highest BCUT2D eigenvalue weighted by atomic mass is 35.5. The molecule has 0 aliphatic heterocycles. The van der Waals surface area contributed by atoms with E-state index in [-0.39, 0.29) is 18.7 Å². The van der Waals surface area contributed by atoms with E-state index < -0.39 is 11.7 Å². The average molecular weight is 290 g/mol. The summed E-state index contributed by atoms with van der Waals surface area (Å²) in [6.45, 7) is 5.58. The summed E-state index contributed by atoms with van der Waals surface area (Å²) in [5.41, 5.74) is -0.0299. The van der Waals surface area contributed by atoms with Gasteiger partial charge < -0.3 is 10.1 Å². The molecular weight excluding hydrogens is 274 g/mol. The molecule has 0 saturated carbocycles. The van der Waals surface area contributed by atoms with Gasteiger partial charge in [0.05, 0.1) is 0 Å². The highest BCUT2D eigenvalue weighted by Crippen LogP contribution is 2.23. The van der Waals surface area contributed by atoms with Gasteiger partial charge in [-0.05, 0) is 32.2 Å². The molecule has 1 amide bonds. The first kappa shape index (κ1) is 15.0. The molecule has 1 aromatic heterocycles. The minimum atomic E-state index is -0.537. The van der Waals surface area contributed by atoms with Crippen LogP contribution in [0.15, 0.2) is 11.4 Å². The first-order valence-corrected chi connectivity index (χ1v) is 6.78. The quantitative estimate of drug-likeness (QED) is 0.863. The number of rotatable bonds is 4. The summed E-state index contributed by atoms with van der Waals surface area (Å²) in [5.74, 6) is -0.0858. The third-order valence-electron chi connectivity index (χ3n) is 1.94. The molecule has 0 aliphatic carbocycles. The molecule has 0 atom stereocenters. The van der Waals surface area contributed by atoms with Crippen LogP contribution in [0, 0.1) is 0 Å². The monoisotopic (exact) mass is 289 g/mol. The maximum atomic E-state index is 11.7. The highest BCUT2D eigenvalue weighted by Gasteiger charge is 2.16. The Hall–Kier alpha value is -1.07. The van der Waals surface area contributed by atoms with E-state index in [4.69, 9.17) is 16.3 Å². The van der Waals surface area contributed by atoms with Crippen molar-refractivity contribution in [3.63, 3.8) is 0 Å². The largest absolute Gasteiger partial charge is 0.444 e. The van der Waals surface area contributed by atoms with Crippen molar-refractivity contribution in [1.29, 1.82) is 0 Å². The number of alkyl carbamates (subject to hydrolysis) is 1. The maximum Gasteiger partial charge on any atom is 0.407 e. The molecule has 4 nitrogen and oxygen atoms in total. The van der Waals surface area contributed by atoms with Crippen LogP contribution in [0.1, 0.15) is 37.6 Å². The second-order valence-corrected chi connectivity index (χ2v) is 6.23. The minimum absolute atomic E-state index is 0.0858. The predicted molar refractivity (Wildman–Crippen MR) is 72.5 cm³/mol. The fraction of sp³-hybridized carbons (Fsp3) is 0.500. The van der Waals surface area contributed by atoms with Crippen LogP contribution in [0.25, 0.3) is 0 Å². The van der Waals surface area contributed by atoms with Crippen molar-refractivity contribution >= 4 is 34.8 Å². The SMILES string of the molecule is CC(C)(C)OC(=O)NCCC(=O)c1ccsc1Cl. The van der Waals surface area contributed by atoms with Crippen LogP contribution in [0.5, 0.6) is 0 Å². The Balaban J connectivity index is 2.33. The lowest BCUT2D eigenvalue weighted by molar-refractivity contribution is 0.0527. The second kappa shape index (κ2) is 6.20. The second-order valence-electron chi connectivity index (χ2n) is 4.71. The summed E-state index contributed by atoms with van der Waals surface area (Å²) in [6.07, 6.45) is -0.317. The van der Waals surface area contributed by atoms with Gasteiger partial charge in [0.25, 0.3) is 0 Å². The fourth-order valence-electron chi connectivity index (χ4n) is 1.22. The molecule has 1 rings (SSSR count). The summed E-state index contributed by atoms with van der Waals surface area (Å²) >= 11 is 7.16.